The maximum atomic E-state index is 10.5. The van der Waals surface area contributed by atoms with Gasteiger partial charge in [0.05, 0.1) is 5.60 Å². The highest BCUT2D eigenvalue weighted by molar-refractivity contribution is 5.32. The van der Waals surface area contributed by atoms with Crippen LogP contribution in [0, 0.1) is 0 Å². The van der Waals surface area contributed by atoms with Gasteiger partial charge in [-0.3, -0.25) is 0 Å². The normalized spacial score (nSPS) is 16.8. The first-order chi connectivity index (χ1) is 19.7. The van der Waals surface area contributed by atoms with Crippen molar-refractivity contribution in [1.29, 1.82) is 0 Å². The minimum absolute atomic E-state index is 0.513. The van der Waals surface area contributed by atoms with Crippen LogP contribution in [0.15, 0.2) is 142 Å². The quantitative estimate of drug-likeness (QED) is 0.135. The molecule has 0 saturated carbocycles. The Kier molecular flexibility index (Phi) is 20.7. The molecule has 230 valence electrons. The summed E-state index contributed by atoms with van der Waals surface area (Å²) in [5.74, 6) is 0. The molecule has 0 radical (unpaired) electrons. The van der Waals surface area contributed by atoms with E-state index in [1.54, 1.807) is 13.0 Å². The lowest BCUT2D eigenvalue weighted by molar-refractivity contribution is -0.0427. The molecule has 0 aliphatic heterocycles. The molecule has 2 N–H and O–H groups in total. The molecule has 0 bridgehead atoms. The topological polar surface area (TPSA) is 40.5 Å². The second kappa shape index (κ2) is 22.4. The maximum absolute atomic E-state index is 10.5. The third-order valence-electron chi connectivity index (χ3n) is 6.48. The lowest BCUT2D eigenvalue weighted by atomic mass is 9.92. The lowest BCUT2D eigenvalue weighted by Crippen LogP contribution is -2.37. The average Bonchev–Trinajstić information content (AvgIpc) is 2.89. The standard InChI is InChI=1S/C40H58O2/c1-32(2)18-13-22-36(7)25-15-27-37(8)26-14-23-34(5)20-11-12-21-35(6)24-16-28-38(9)29-30-39(41)40(10,42)31-17-19-33(3)4/h11-12,14-16,18-21,23-30,39,41-42H,13,17,22,31H2,1-10H3/b12-11+,23-14+,24-16+,27-15+,30-29+,34-20+,35-21+,36-25+,37-26+,38-28+/t39-,40+/m1/s1. The van der Waals surface area contributed by atoms with Gasteiger partial charge >= 0.3 is 0 Å². The van der Waals surface area contributed by atoms with Crippen LogP contribution in [0.1, 0.15) is 94.9 Å². The summed E-state index contributed by atoms with van der Waals surface area (Å²) >= 11 is 0. The van der Waals surface area contributed by atoms with E-state index in [4.69, 9.17) is 0 Å². The zero-order valence-corrected chi connectivity index (χ0v) is 28.1. The van der Waals surface area contributed by atoms with Crippen molar-refractivity contribution >= 4 is 0 Å². The fourth-order valence-electron chi connectivity index (χ4n) is 3.63. The average molecular weight is 571 g/mol. The number of aliphatic hydroxyl groups is 2. The highest BCUT2D eigenvalue weighted by Crippen LogP contribution is 2.19. The summed E-state index contributed by atoms with van der Waals surface area (Å²) in [5, 5.41) is 20.9. The van der Waals surface area contributed by atoms with E-state index in [2.05, 4.69) is 102 Å². The summed E-state index contributed by atoms with van der Waals surface area (Å²) in [7, 11) is 0. The first-order valence-electron chi connectivity index (χ1n) is 15.1. The van der Waals surface area contributed by atoms with Crippen LogP contribution in [0.3, 0.4) is 0 Å². The Bertz CT molecular complexity index is 1170. The molecule has 0 aliphatic carbocycles. The molecule has 2 heteroatoms. The monoisotopic (exact) mass is 570 g/mol. The van der Waals surface area contributed by atoms with Gasteiger partial charge in [-0.1, -0.05) is 142 Å². The zero-order chi connectivity index (χ0) is 32.0. The third kappa shape index (κ3) is 22.5. The first-order valence-corrected chi connectivity index (χ1v) is 15.1. The summed E-state index contributed by atoms with van der Waals surface area (Å²) in [6, 6.07) is 0. The Balaban J connectivity index is 4.81. The van der Waals surface area contributed by atoms with E-state index in [1.165, 1.54) is 27.9 Å². The Labute approximate surface area is 258 Å². The van der Waals surface area contributed by atoms with Gasteiger partial charge in [0.2, 0.25) is 0 Å². The molecule has 42 heavy (non-hydrogen) atoms. The SMILES string of the molecule is CC(C)=CCC/C(C)=C/C=C/C(C)=C/C=C/C(C)=C/C=C/C=C(C)/C=C/C=C(C)/C=C/[C@@H](O)[C@@](C)(O)CCC=C(C)C. The zero-order valence-electron chi connectivity index (χ0n) is 28.1. The smallest absolute Gasteiger partial charge is 0.101 e. The van der Waals surface area contributed by atoms with Crippen LogP contribution in [0.5, 0.6) is 0 Å². The molecule has 0 fully saturated rings. The van der Waals surface area contributed by atoms with E-state index in [1.807, 2.05) is 57.2 Å². The van der Waals surface area contributed by atoms with E-state index >= 15 is 0 Å². The molecule has 0 aliphatic rings. The molecule has 2 nitrogen and oxygen atoms in total. The van der Waals surface area contributed by atoms with Gasteiger partial charge in [-0.05, 0) is 94.9 Å². The van der Waals surface area contributed by atoms with Crippen LogP contribution in [0.2, 0.25) is 0 Å². The van der Waals surface area contributed by atoms with E-state index in [0.717, 1.165) is 30.4 Å². The molecule has 0 rings (SSSR count). The van der Waals surface area contributed by atoms with Gasteiger partial charge in [0, 0.05) is 0 Å². The van der Waals surface area contributed by atoms with Crippen molar-refractivity contribution in [3.63, 3.8) is 0 Å². The predicted molar refractivity (Wildman–Crippen MR) is 188 cm³/mol. The molecule has 0 spiro atoms. The van der Waals surface area contributed by atoms with Crippen molar-refractivity contribution in [3.8, 4) is 0 Å². The van der Waals surface area contributed by atoms with E-state index < -0.39 is 11.7 Å². The van der Waals surface area contributed by atoms with Crippen LogP contribution in [0.25, 0.3) is 0 Å². The molecule has 0 aromatic carbocycles. The molecule has 2 atom stereocenters. The first kappa shape index (κ1) is 38.8. The van der Waals surface area contributed by atoms with Crippen LogP contribution < -0.4 is 0 Å². The van der Waals surface area contributed by atoms with Crippen LogP contribution in [-0.4, -0.2) is 21.9 Å². The molecule has 0 aromatic rings. The Hall–Kier alpha value is -3.20. The minimum Gasteiger partial charge on any atom is -0.387 e. The van der Waals surface area contributed by atoms with Crippen LogP contribution >= 0.6 is 0 Å². The van der Waals surface area contributed by atoms with Crippen LogP contribution in [0.4, 0.5) is 0 Å². The summed E-state index contributed by atoms with van der Waals surface area (Å²) in [6.45, 7) is 20.5. The van der Waals surface area contributed by atoms with Gasteiger partial charge in [0.1, 0.15) is 6.10 Å². The Morgan fingerprint density at radius 1 is 0.571 bits per heavy atom. The van der Waals surface area contributed by atoms with Gasteiger partial charge in [0.15, 0.2) is 0 Å². The van der Waals surface area contributed by atoms with Gasteiger partial charge in [-0.15, -0.1) is 0 Å². The van der Waals surface area contributed by atoms with E-state index in [-0.39, 0.29) is 0 Å². The number of aliphatic hydroxyl groups excluding tert-OH is 1. The number of rotatable bonds is 17. The lowest BCUT2D eigenvalue weighted by Gasteiger charge is -2.26. The molecule has 0 saturated heterocycles. The summed E-state index contributed by atoms with van der Waals surface area (Å²) in [5.41, 5.74) is 7.37. The van der Waals surface area contributed by atoms with Crippen molar-refractivity contribution in [1.82, 2.24) is 0 Å². The Morgan fingerprint density at radius 2 is 0.976 bits per heavy atom. The highest BCUT2D eigenvalue weighted by Gasteiger charge is 2.27. The highest BCUT2D eigenvalue weighted by atomic mass is 16.3. The van der Waals surface area contributed by atoms with Gasteiger partial charge < -0.3 is 10.2 Å². The van der Waals surface area contributed by atoms with Crippen molar-refractivity contribution < 1.29 is 10.2 Å². The second-order valence-electron chi connectivity index (χ2n) is 11.9. The largest absolute Gasteiger partial charge is 0.387 e. The predicted octanol–water partition coefficient (Wildman–Crippen LogP) is 11.1. The molecular weight excluding hydrogens is 512 g/mol. The molecule has 0 aromatic heterocycles. The second-order valence-corrected chi connectivity index (χ2v) is 11.9. The van der Waals surface area contributed by atoms with Gasteiger partial charge in [-0.25, -0.2) is 0 Å². The molecular formula is C40H58O2. The van der Waals surface area contributed by atoms with Crippen LogP contribution in [-0.2, 0) is 0 Å². The number of hydrogen-bond donors (Lipinski definition) is 2. The van der Waals surface area contributed by atoms with Crippen molar-refractivity contribution in [2.45, 2.75) is 107 Å². The van der Waals surface area contributed by atoms with Gasteiger partial charge in [-0.2, -0.15) is 0 Å². The van der Waals surface area contributed by atoms with Crippen molar-refractivity contribution in [2.75, 3.05) is 0 Å². The summed E-state index contributed by atoms with van der Waals surface area (Å²) < 4.78 is 0. The number of allylic oxidation sites excluding steroid dienone is 23. The van der Waals surface area contributed by atoms with Gasteiger partial charge in [0.25, 0.3) is 0 Å². The molecule has 0 unspecified atom stereocenters. The fraction of sp³-hybridized carbons (Fsp3) is 0.400. The number of hydrogen-bond acceptors (Lipinski definition) is 2. The molecule has 0 heterocycles. The Morgan fingerprint density at radius 3 is 1.45 bits per heavy atom. The van der Waals surface area contributed by atoms with Crippen molar-refractivity contribution in [2.24, 2.45) is 0 Å². The van der Waals surface area contributed by atoms with Crippen molar-refractivity contribution in [3.05, 3.63) is 142 Å². The molecule has 0 amide bonds. The van der Waals surface area contributed by atoms with E-state index in [9.17, 15) is 10.2 Å². The summed E-state index contributed by atoms with van der Waals surface area (Å²) in [6.07, 6.45) is 37.5. The minimum atomic E-state index is -1.15. The summed E-state index contributed by atoms with van der Waals surface area (Å²) in [4.78, 5) is 0. The maximum Gasteiger partial charge on any atom is 0.101 e. The third-order valence-corrected chi connectivity index (χ3v) is 6.48. The fourth-order valence-corrected chi connectivity index (χ4v) is 3.63. The van der Waals surface area contributed by atoms with E-state index in [0.29, 0.717) is 6.42 Å².